The second-order valence-corrected chi connectivity index (χ2v) is 9.32. The highest BCUT2D eigenvalue weighted by atomic mass is 19.4. The van der Waals surface area contributed by atoms with Gasteiger partial charge in [0.25, 0.3) is 5.91 Å². The van der Waals surface area contributed by atoms with Crippen LogP contribution < -0.4 is 5.32 Å². The molecule has 1 amide bonds. The number of anilines is 1. The van der Waals surface area contributed by atoms with Crippen molar-refractivity contribution in [1.82, 2.24) is 14.7 Å². The molecule has 1 fully saturated rings. The van der Waals surface area contributed by atoms with Crippen LogP contribution in [0.3, 0.4) is 0 Å². The van der Waals surface area contributed by atoms with Crippen molar-refractivity contribution in [3.63, 3.8) is 0 Å². The number of benzene rings is 1. The van der Waals surface area contributed by atoms with Crippen LogP contribution in [-0.2, 0) is 16.0 Å². The molecule has 2 aromatic rings. The van der Waals surface area contributed by atoms with Gasteiger partial charge in [0, 0.05) is 18.4 Å². The lowest BCUT2D eigenvalue weighted by atomic mass is 9.75. The molecule has 4 atom stereocenters. The van der Waals surface area contributed by atoms with Crippen LogP contribution in [0.2, 0.25) is 0 Å². The Morgan fingerprint density at radius 1 is 1.28 bits per heavy atom. The van der Waals surface area contributed by atoms with Gasteiger partial charge in [-0.15, -0.1) is 0 Å². The summed E-state index contributed by atoms with van der Waals surface area (Å²) in [5, 5.41) is 5.87. The molecule has 13 heteroatoms. The summed E-state index contributed by atoms with van der Waals surface area (Å²) in [6, 6.07) is 1.96. The van der Waals surface area contributed by atoms with Gasteiger partial charge in [0.05, 0.1) is 17.6 Å². The highest BCUT2D eigenvalue weighted by molar-refractivity contribution is 5.95. The Bertz CT molecular complexity index is 1120. The van der Waals surface area contributed by atoms with E-state index < -0.39 is 53.8 Å². The SMILES string of the molecule is Cc1nn(C(F)F)cc1NC(=O)C1OC(C)(C(F)(F)F)C(C)C1c1ccc(F)c(F)c1CCN(C)C. The van der Waals surface area contributed by atoms with Crippen LogP contribution in [0.1, 0.15) is 43.1 Å². The predicted molar refractivity (Wildman–Crippen MR) is 117 cm³/mol. The maximum atomic E-state index is 14.9. The van der Waals surface area contributed by atoms with Crippen LogP contribution in [0.15, 0.2) is 18.3 Å². The third-order valence-corrected chi connectivity index (χ3v) is 6.70. The van der Waals surface area contributed by atoms with Crippen molar-refractivity contribution in [2.45, 2.75) is 57.5 Å². The zero-order valence-corrected chi connectivity index (χ0v) is 20.3. The summed E-state index contributed by atoms with van der Waals surface area (Å²) in [5.41, 5.74) is -3.09. The molecule has 4 unspecified atom stereocenters. The number of likely N-dealkylation sites (N-methyl/N-ethyl adjacent to an activating group) is 1. The van der Waals surface area contributed by atoms with Crippen molar-refractivity contribution in [3.8, 4) is 0 Å². The molecule has 2 heterocycles. The molecular formula is C23H27F7N4O2. The first-order chi connectivity index (χ1) is 16.6. The lowest BCUT2D eigenvalue weighted by Crippen LogP contribution is -2.47. The monoisotopic (exact) mass is 524 g/mol. The maximum absolute atomic E-state index is 14.9. The smallest absolute Gasteiger partial charge is 0.352 e. The number of rotatable bonds is 7. The summed E-state index contributed by atoms with van der Waals surface area (Å²) in [4.78, 5) is 14.9. The van der Waals surface area contributed by atoms with Gasteiger partial charge in [0.2, 0.25) is 0 Å². The molecule has 1 N–H and O–H groups in total. The van der Waals surface area contributed by atoms with Gasteiger partial charge in [-0.3, -0.25) is 4.79 Å². The minimum absolute atomic E-state index is 0.00401. The summed E-state index contributed by atoms with van der Waals surface area (Å²) >= 11 is 0. The van der Waals surface area contributed by atoms with E-state index >= 15 is 0 Å². The van der Waals surface area contributed by atoms with Crippen LogP contribution in [0.5, 0.6) is 0 Å². The first kappa shape index (κ1) is 27.9. The molecule has 3 rings (SSSR count). The summed E-state index contributed by atoms with van der Waals surface area (Å²) < 4.78 is 103. The van der Waals surface area contributed by atoms with E-state index in [9.17, 15) is 35.5 Å². The molecule has 1 aromatic heterocycles. The molecule has 0 radical (unpaired) electrons. The van der Waals surface area contributed by atoms with E-state index in [1.807, 2.05) is 0 Å². The Morgan fingerprint density at radius 2 is 1.92 bits per heavy atom. The van der Waals surface area contributed by atoms with E-state index in [0.29, 0.717) is 0 Å². The minimum Gasteiger partial charge on any atom is -0.352 e. The molecule has 6 nitrogen and oxygen atoms in total. The van der Waals surface area contributed by atoms with Gasteiger partial charge in [0.15, 0.2) is 17.2 Å². The van der Waals surface area contributed by atoms with Crippen molar-refractivity contribution >= 4 is 11.6 Å². The molecule has 0 bridgehead atoms. The Balaban J connectivity index is 2.09. The van der Waals surface area contributed by atoms with Gasteiger partial charge < -0.3 is 15.0 Å². The molecule has 1 saturated heterocycles. The molecule has 1 aliphatic rings. The number of aromatic nitrogens is 2. The van der Waals surface area contributed by atoms with Crippen LogP contribution in [-0.4, -0.2) is 59.1 Å². The number of aryl methyl sites for hydroxylation is 1. The second-order valence-electron chi connectivity index (χ2n) is 9.32. The van der Waals surface area contributed by atoms with Crippen LogP contribution >= 0.6 is 0 Å². The van der Waals surface area contributed by atoms with E-state index in [1.165, 1.54) is 13.8 Å². The number of nitrogens with one attached hydrogen (secondary N) is 1. The highest BCUT2D eigenvalue weighted by Gasteiger charge is 2.65. The van der Waals surface area contributed by atoms with Gasteiger partial charge in [-0.05, 0) is 51.6 Å². The Morgan fingerprint density at radius 3 is 2.44 bits per heavy atom. The average Bonchev–Trinajstić information content (AvgIpc) is 3.27. The topological polar surface area (TPSA) is 59.4 Å². The maximum Gasteiger partial charge on any atom is 0.417 e. The number of halogens is 7. The van der Waals surface area contributed by atoms with Crippen molar-refractivity contribution in [1.29, 1.82) is 0 Å². The van der Waals surface area contributed by atoms with Gasteiger partial charge >= 0.3 is 12.7 Å². The number of alkyl halides is 5. The number of hydrogen-bond donors (Lipinski definition) is 1. The Hall–Kier alpha value is -2.67. The minimum atomic E-state index is -4.90. The third kappa shape index (κ3) is 5.08. The molecule has 200 valence electrons. The summed E-state index contributed by atoms with van der Waals surface area (Å²) in [6.45, 7) is 0.604. The number of amides is 1. The molecule has 1 aliphatic heterocycles. The van der Waals surface area contributed by atoms with Crippen molar-refractivity contribution < 1.29 is 40.3 Å². The Kier molecular flexibility index (Phi) is 7.75. The lowest BCUT2D eigenvalue weighted by Gasteiger charge is -2.32. The average molecular weight is 524 g/mol. The Labute approximate surface area is 203 Å². The fraction of sp³-hybridized carbons (Fsp3) is 0.565. The summed E-state index contributed by atoms with van der Waals surface area (Å²) in [5.74, 6) is -6.15. The quantitative estimate of drug-likeness (QED) is 0.516. The molecule has 0 spiro atoms. The van der Waals surface area contributed by atoms with E-state index in [1.54, 1.807) is 19.0 Å². The van der Waals surface area contributed by atoms with E-state index in [4.69, 9.17) is 4.74 Å². The fourth-order valence-corrected chi connectivity index (χ4v) is 4.44. The fourth-order valence-electron chi connectivity index (χ4n) is 4.44. The first-order valence-corrected chi connectivity index (χ1v) is 11.1. The van der Waals surface area contributed by atoms with Crippen molar-refractivity contribution in [2.24, 2.45) is 5.92 Å². The normalized spacial score (nSPS) is 24.7. The number of nitrogens with zero attached hydrogens (tertiary/aromatic N) is 3. The zero-order chi connectivity index (χ0) is 27.2. The molecule has 1 aromatic carbocycles. The molecule has 36 heavy (non-hydrogen) atoms. The van der Waals surface area contributed by atoms with Crippen molar-refractivity contribution in [2.75, 3.05) is 26.0 Å². The molecular weight excluding hydrogens is 497 g/mol. The predicted octanol–water partition coefficient (Wildman–Crippen LogP) is 5.05. The van der Waals surface area contributed by atoms with E-state index in [2.05, 4.69) is 10.4 Å². The standard InChI is InChI=1S/C23H27F7N4O2/c1-11-17(13-6-7-15(24)18(25)14(13)8-9-33(4)5)19(36-22(11,3)23(28,29)30)20(35)31-16-10-34(21(26)27)32-12(16)2/h6-7,10-11,17,19,21H,8-9H2,1-5H3,(H,31,35). The highest BCUT2D eigenvalue weighted by Crippen LogP contribution is 2.54. The second kappa shape index (κ2) is 10.0. The van der Waals surface area contributed by atoms with Crippen molar-refractivity contribution in [3.05, 3.63) is 46.8 Å². The van der Waals surface area contributed by atoms with Crippen LogP contribution in [0.25, 0.3) is 0 Å². The van der Waals surface area contributed by atoms with Gasteiger partial charge in [-0.25, -0.2) is 13.5 Å². The lowest BCUT2D eigenvalue weighted by molar-refractivity contribution is -0.272. The zero-order valence-electron chi connectivity index (χ0n) is 20.3. The van der Waals surface area contributed by atoms with Gasteiger partial charge in [-0.2, -0.15) is 27.1 Å². The van der Waals surface area contributed by atoms with Crippen LogP contribution in [0.4, 0.5) is 36.4 Å². The number of carbonyl (C=O) groups is 1. The number of carbonyl (C=O) groups excluding carboxylic acids is 1. The summed E-state index contributed by atoms with van der Waals surface area (Å²) in [6.07, 6.45) is -5.89. The first-order valence-electron chi connectivity index (χ1n) is 11.1. The summed E-state index contributed by atoms with van der Waals surface area (Å²) in [7, 11) is 3.38. The van der Waals surface area contributed by atoms with E-state index in [0.717, 1.165) is 25.3 Å². The van der Waals surface area contributed by atoms with Crippen LogP contribution in [0, 0.1) is 24.5 Å². The van der Waals surface area contributed by atoms with Gasteiger partial charge in [-0.1, -0.05) is 13.0 Å². The molecule has 0 aliphatic carbocycles. The largest absolute Gasteiger partial charge is 0.417 e. The van der Waals surface area contributed by atoms with E-state index in [-0.39, 0.29) is 40.2 Å². The number of ether oxygens (including phenoxy) is 1. The van der Waals surface area contributed by atoms with Gasteiger partial charge in [0.1, 0.15) is 6.10 Å². The third-order valence-electron chi connectivity index (χ3n) is 6.70. The molecule has 0 saturated carbocycles. The number of hydrogen-bond acceptors (Lipinski definition) is 4.